The second kappa shape index (κ2) is 10.2. The highest BCUT2D eigenvalue weighted by Gasteiger charge is 1.92. The van der Waals surface area contributed by atoms with E-state index in [0.29, 0.717) is 5.65 Å². The summed E-state index contributed by atoms with van der Waals surface area (Å²) in [6.07, 6.45) is 4.76. The minimum atomic E-state index is 0.713. The highest BCUT2D eigenvalue weighted by molar-refractivity contribution is 5.67. The second-order valence-electron chi connectivity index (χ2n) is 4.66. The van der Waals surface area contributed by atoms with E-state index in [1.54, 1.807) is 12.5 Å². The average molecular weight is 292 g/mol. The number of aromatic amines is 1. The number of hydrogen-bond donors (Lipinski definition) is 5. The standard InChI is InChI=1S/C5H4N4.2C4H10N2/c1-4-5(8-2-6-1)9-3-7-4;2*1-2-6-4-3-5-1/h1-3H,(H,6,7,8,9);2*5-6H,1-4H2. The van der Waals surface area contributed by atoms with Gasteiger partial charge in [0.25, 0.3) is 0 Å². The van der Waals surface area contributed by atoms with Gasteiger partial charge in [0.2, 0.25) is 0 Å². The fourth-order valence-corrected chi connectivity index (χ4v) is 1.90. The Morgan fingerprint density at radius 3 is 1.67 bits per heavy atom. The lowest BCUT2D eigenvalue weighted by atomic mass is 10.4. The van der Waals surface area contributed by atoms with Crippen molar-refractivity contribution in [2.75, 3.05) is 52.4 Å². The van der Waals surface area contributed by atoms with Gasteiger partial charge in [-0.3, -0.25) is 0 Å². The first kappa shape index (κ1) is 15.8. The third kappa shape index (κ3) is 6.58. The zero-order valence-electron chi connectivity index (χ0n) is 12.2. The third-order valence-electron chi connectivity index (χ3n) is 3.01. The average Bonchev–Trinajstić information content (AvgIpc) is 3.08. The molecule has 4 rings (SSSR count). The first-order chi connectivity index (χ1) is 10.5. The summed E-state index contributed by atoms with van der Waals surface area (Å²) in [7, 11) is 0. The van der Waals surface area contributed by atoms with Gasteiger partial charge in [0.05, 0.1) is 12.5 Å². The number of fused-ring (bicyclic) bond motifs is 1. The Balaban J connectivity index is 0.000000120. The monoisotopic (exact) mass is 292 g/mol. The van der Waals surface area contributed by atoms with Crippen molar-refractivity contribution in [2.24, 2.45) is 0 Å². The van der Waals surface area contributed by atoms with Gasteiger partial charge in [-0.2, -0.15) is 0 Å². The Hall–Kier alpha value is -1.61. The van der Waals surface area contributed by atoms with Crippen LogP contribution in [0.5, 0.6) is 0 Å². The number of hydrogen-bond acceptors (Lipinski definition) is 7. The maximum atomic E-state index is 3.91. The fourth-order valence-electron chi connectivity index (χ4n) is 1.90. The molecule has 8 nitrogen and oxygen atoms in total. The molecule has 5 N–H and O–H groups in total. The van der Waals surface area contributed by atoms with E-state index in [4.69, 9.17) is 0 Å². The van der Waals surface area contributed by atoms with Gasteiger partial charge in [-0.05, 0) is 0 Å². The predicted molar refractivity (Wildman–Crippen MR) is 83.2 cm³/mol. The van der Waals surface area contributed by atoms with Crippen LogP contribution in [0.15, 0.2) is 18.9 Å². The quantitative estimate of drug-likeness (QED) is 0.412. The number of nitrogens with one attached hydrogen (secondary N) is 5. The molecule has 8 heteroatoms. The van der Waals surface area contributed by atoms with Gasteiger partial charge < -0.3 is 26.3 Å². The van der Waals surface area contributed by atoms with Crippen LogP contribution in [0.2, 0.25) is 0 Å². The molecule has 0 aromatic carbocycles. The van der Waals surface area contributed by atoms with Crippen LogP contribution in [0.3, 0.4) is 0 Å². The Morgan fingerprint density at radius 2 is 1.24 bits per heavy atom. The summed E-state index contributed by atoms with van der Waals surface area (Å²) in [5.41, 5.74) is 1.59. The molecule has 0 radical (unpaired) electrons. The van der Waals surface area contributed by atoms with Gasteiger partial charge in [-0.1, -0.05) is 0 Å². The van der Waals surface area contributed by atoms with Crippen molar-refractivity contribution < 1.29 is 0 Å². The van der Waals surface area contributed by atoms with E-state index in [-0.39, 0.29) is 0 Å². The molecule has 0 bridgehead atoms. The normalized spacial score (nSPS) is 18.1. The Morgan fingerprint density at radius 1 is 0.714 bits per heavy atom. The van der Waals surface area contributed by atoms with Crippen LogP contribution in [-0.2, 0) is 0 Å². The maximum Gasteiger partial charge on any atom is 0.180 e. The predicted octanol–water partition coefficient (Wildman–Crippen LogP) is -1.29. The Labute approximate surface area is 124 Å². The molecule has 0 saturated carbocycles. The smallest absolute Gasteiger partial charge is 0.180 e. The molecular weight excluding hydrogens is 268 g/mol. The van der Waals surface area contributed by atoms with Crippen molar-refractivity contribution in [3.8, 4) is 0 Å². The zero-order chi connectivity index (χ0) is 14.6. The van der Waals surface area contributed by atoms with Gasteiger partial charge in [0.15, 0.2) is 5.65 Å². The molecule has 21 heavy (non-hydrogen) atoms. The molecule has 0 spiro atoms. The van der Waals surface area contributed by atoms with Crippen molar-refractivity contribution >= 4 is 11.2 Å². The molecule has 2 aromatic rings. The van der Waals surface area contributed by atoms with E-state index in [9.17, 15) is 0 Å². The summed E-state index contributed by atoms with van der Waals surface area (Å²) in [6.45, 7) is 9.11. The summed E-state index contributed by atoms with van der Waals surface area (Å²) in [6, 6.07) is 0. The first-order valence-corrected chi connectivity index (χ1v) is 7.39. The van der Waals surface area contributed by atoms with E-state index in [1.807, 2.05) is 0 Å². The molecule has 2 aliphatic heterocycles. The topological polar surface area (TPSA) is 103 Å². The molecule has 2 aliphatic rings. The second-order valence-corrected chi connectivity index (χ2v) is 4.66. The number of H-pyrrole nitrogens is 1. The molecule has 116 valence electrons. The van der Waals surface area contributed by atoms with Crippen molar-refractivity contribution in [3.05, 3.63) is 18.9 Å². The van der Waals surface area contributed by atoms with Crippen LogP contribution in [0.4, 0.5) is 0 Å². The van der Waals surface area contributed by atoms with Crippen LogP contribution >= 0.6 is 0 Å². The molecule has 2 aromatic heterocycles. The summed E-state index contributed by atoms with van der Waals surface area (Å²) < 4.78 is 0. The lowest BCUT2D eigenvalue weighted by Gasteiger charge is -2.11. The first-order valence-electron chi connectivity index (χ1n) is 7.39. The minimum absolute atomic E-state index is 0.713. The van der Waals surface area contributed by atoms with Gasteiger partial charge in [-0.25, -0.2) is 15.0 Å². The fraction of sp³-hybridized carbons (Fsp3) is 0.615. The largest absolute Gasteiger partial charge is 0.342 e. The van der Waals surface area contributed by atoms with Crippen molar-refractivity contribution in [2.45, 2.75) is 0 Å². The van der Waals surface area contributed by atoms with Gasteiger partial charge in [0, 0.05) is 52.4 Å². The third-order valence-corrected chi connectivity index (χ3v) is 3.01. The molecule has 2 saturated heterocycles. The summed E-state index contributed by atoms with van der Waals surface area (Å²) in [5.74, 6) is 0. The SMILES string of the molecule is C1CNCCN1.C1CNCCN1.c1ncc2[nH]cnc2n1. The van der Waals surface area contributed by atoms with Gasteiger partial charge >= 0.3 is 0 Å². The van der Waals surface area contributed by atoms with Gasteiger partial charge in [0.1, 0.15) is 11.8 Å². The van der Waals surface area contributed by atoms with E-state index in [2.05, 4.69) is 41.2 Å². The van der Waals surface area contributed by atoms with Crippen LogP contribution < -0.4 is 21.3 Å². The summed E-state index contributed by atoms with van der Waals surface area (Å²) >= 11 is 0. The van der Waals surface area contributed by atoms with Crippen LogP contribution in [0.1, 0.15) is 0 Å². The molecule has 4 heterocycles. The highest BCUT2D eigenvalue weighted by Crippen LogP contribution is 1.99. The molecule has 0 amide bonds. The molecular formula is C13H24N8. The highest BCUT2D eigenvalue weighted by atomic mass is 15.0. The van der Waals surface area contributed by atoms with E-state index in [1.165, 1.54) is 6.33 Å². The van der Waals surface area contributed by atoms with Gasteiger partial charge in [-0.15, -0.1) is 0 Å². The van der Waals surface area contributed by atoms with Crippen LogP contribution in [0, 0.1) is 0 Å². The molecule has 0 aliphatic carbocycles. The number of rotatable bonds is 0. The van der Waals surface area contributed by atoms with E-state index < -0.39 is 0 Å². The lowest BCUT2D eigenvalue weighted by molar-refractivity contribution is 0.534. The zero-order valence-corrected chi connectivity index (χ0v) is 12.2. The number of aromatic nitrogens is 4. The van der Waals surface area contributed by atoms with E-state index >= 15 is 0 Å². The molecule has 0 unspecified atom stereocenters. The lowest BCUT2D eigenvalue weighted by Crippen LogP contribution is -2.39. The van der Waals surface area contributed by atoms with Crippen LogP contribution in [0.25, 0.3) is 11.2 Å². The number of imidazole rings is 1. The Kier molecular flexibility index (Phi) is 7.63. The van der Waals surface area contributed by atoms with Crippen molar-refractivity contribution in [3.63, 3.8) is 0 Å². The maximum absolute atomic E-state index is 3.91. The number of nitrogens with zero attached hydrogens (tertiary/aromatic N) is 3. The van der Waals surface area contributed by atoms with Crippen LogP contribution in [-0.4, -0.2) is 72.3 Å². The van der Waals surface area contributed by atoms with E-state index in [0.717, 1.165) is 57.9 Å². The van der Waals surface area contributed by atoms with Crippen molar-refractivity contribution in [1.29, 1.82) is 0 Å². The minimum Gasteiger partial charge on any atom is -0.342 e. The summed E-state index contributed by atoms with van der Waals surface area (Å²) in [5, 5.41) is 12.9. The summed E-state index contributed by atoms with van der Waals surface area (Å²) in [4.78, 5) is 14.5. The molecule has 0 atom stereocenters. The molecule has 2 fully saturated rings. The van der Waals surface area contributed by atoms with Crippen molar-refractivity contribution in [1.82, 2.24) is 41.2 Å². The Bertz CT molecular complexity index is 412. The number of piperazine rings is 2.